The first-order valence-electron chi connectivity index (χ1n) is 16.1. The molecule has 3 aliphatic heterocycles. The van der Waals surface area contributed by atoms with E-state index in [0.717, 1.165) is 73.2 Å². The smallest absolute Gasteiger partial charge is 0.317 e. The van der Waals surface area contributed by atoms with Gasteiger partial charge in [0.2, 0.25) is 11.8 Å². The van der Waals surface area contributed by atoms with Gasteiger partial charge in [-0.3, -0.25) is 14.5 Å². The van der Waals surface area contributed by atoms with Crippen LogP contribution in [0.15, 0.2) is 28.5 Å². The van der Waals surface area contributed by atoms with Crippen molar-refractivity contribution in [3.05, 3.63) is 29.3 Å². The van der Waals surface area contributed by atoms with Crippen molar-refractivity contribution in [1.82, 2.24) is 29.6 Å². The number of hydrogen-bond donors (Lipinski definition) is 2. The van der Waals surface area contributed by atoms with Crippen LogP contribution in [0.2, 0.25) is 5.02 Å². The molecule has 0 spiro atoms. The zero-order chi connectivity index (χ0) is 31.7. The summed E-state index contributed by atoms with van der Waals surface area (Å²) in [6.45, 7) is 3.43. The van der Waals surface area contributed by atoms with Gasteiger partial charge in [-0.05, 0) is 74.6 Å². The standard InChI is InChI=1S/C31H43ClN6O5S2/c1-35(31(41)33-23-6-2-3-7-23)24-12-15-36(18-24)19-25-8-4-14-38(25)28(39)20-37-13-5-9-26(30(37)40)34-45(42,43)29-17-21-16-22(32)10-11-27(21)44-29/h10-11,16-17,23-26,34H,2-9,12-15,18-20H2,1H3,(H,33,41)/t24?,25-,26-/m0/s1. The fourth-order valence-electron chi connectivity index (χ4n) is 7.29. The number of sulfonamides is 1. The van der Waals surface area contributed by atoms with Gasteiger partial charge in [0.15, 0.2) is 0 Å². The minimum absolute atomic E-state index is 0.00643. The van der Waals surface area contributed by atoms with Crippen molar-refractivity contribution in [3.63, 3.8) is 0 Å². The highest BCUT2D eigenvalue weighted by atomic mass is 35.5. The molecule has 2 N–H and O–H groups in total. The molecule has 1 aliphatic carbocycles. The number of urea groups is 1. The Labute approximate surface area is 274 Å². The van der Waals surface area contributed by atoms with Crippen LogP contribution in [-0.2, 0) is 19.6 Å². The Morgan fingerprint density at radius 2 is 1.80 bits per heavy atom. The number of carbonyl (C=O) groups is 3. The minimum Gasteiger partial charge on any atom is -0.337 e. The van der Waals surface area contributed by atoms with Crippen LogP contribution in [0.3, 0.4) is 0 Å². The zero-order valence-electron chi connectivity index (χ0n) is 25.7. The van der Waals surface area contributed by atoms with Crippen LogP contribution in [-0.4, -0.2) is 116 Å². The van der Waals surface area contributed by atoms with Gasteiger partial charge in [-0.1, -0.05) is 24.4 Å². The molecule has 1 aromatic carbocycles. The summed E-state index contributed by atoms with van der Waals surface area (Å²) in [7, 11) is -2.05. The van der Waals surface area contributed by atoms with Crippen LogP contribution in [0, 0.1) is 0 Å². The summed E-state index contributed by atoms with van der Waals surface area (Å²) in [5.74, 6) is -0.459. The second-order valence-corrected chi connectivity index (χ2v) is 16.4. The third-order valence-corrected chi connectivity index (χ3v) is 13.1. The van der Waals surface area contributed by atoms with E-state index in [1.165, 1.54) is 17.7 Å². The lowest BCUT2D eigenvalue weighted by Gasteiger charge is -2.35. The molecule has 1 unspecified atom stereocenters. The maximum absolute atomic E-state index is 13.5. The fraction of sp³-hybridized carbons (Fsp3) is 0.645. The maximum Gasteiger partial charge on any atom is 0.317 e. The second kappa shape index (κ2) is 13.7. The van der Waals surface area contributed by atoms with Gasteiger partial charge < -0.3 is 20.0 Å². The van der Waals surface area contributed by atoms with Gasteiger partial charge in [-0.25, -0.2) is 13.2 Å². The van der Waals surface area contributed by atoms with E-state index in [4.69, 9.17) is 11.6 Å². The Morgan fingerprint density at radius 3 is 2.60 bits per heavy atom. The van der Waals surface area contributed by atoms with Crippen molar-refractivity contribution < 1.29 is 22.8 Å². The predicted molar refractivity (Wildman–Crippen MR) is 175 cm³/mol. The first-order chi connectivity index (χ1) is 21.6. The average molecular weight is 679 g/mol. The van der Waals surface area contributed by atoms with E-state index in [9.17, 15) is 22.8 Å². The number of fused-ring (bicyclic) bond motifs is 1. The molecule has 246 valence electrons. The molecular formula is C31H43ClN6O5S2. The second-order valence-electron chi connectivity index (χ2n) is 13.0. The topological polar surface area (TPSA) is 122 Å². The van der Waals surface area contributed by atoms with E-state index in [1.807, 2.05) is 16.8 Å². The molecule has 4 aliphatic rings. The molecule has 1 aromatic heterocycles. The number of halogens is 1. The summed E-state index contributed by atoms with van der Waals surface area (Å²) >= 11 is 7.20. The van der Waals surface area contributed by atoms with Crippen molar-refractivity contribution in [2.45, 2.75) is 86.2 Å². The lowest BCUT2D eigenvalue weighted by molar-refractivity contribution is -0.143. The quantitative estimate of drug-likeness (QED) is 0.419. The van der Waals surface area contributed by atoms with Gasteiger partial charge in [0, 0.05) is 67.6 Å². The van der Waals surface area contributed by atoms with E-state index >= 15 is 0 Å². The number of benzene rings is 1. The molecule has 6 rings (SSSR count). The van der Waals surface area contributed by atoms with Crippen molar-refractivity contribution >= 4 is 60.9 Å². The Bertz CT molecular complexity index is 1530. The van der Waals surface area contributed by atoms with Crippen LogP contribution in [0.1, 0.15) is 57.8 Å². The van der Waals surface area contributed by atoms with Crippen molar-refractivity contribution in [2.75, 3.05) is 46.3 Å². The highest BCUT2D eigenvalue weighted by Gasteiger charge is 2.38. The number of likely N-dealkylation sites (tertiary alicyclic amines) is 3. The highest BCUT2D eigenvalue weighted by Crippen LogP contribution is 2.31. The van der Waals surface area contributed by atoms with Crippen molar-refractivity contribution in [1.29, 1.82) is 0 Å². The van der Waals surface area contributed by atoms with Gasteiger partial charge in [-0.15, -0.1) is 11.3 Å². The maximum atomic E-state index is 13.5. The van der Waals surface area contributed by atoms with E-state index in [0.29, 0.717) is 37.0 Å². The van der Waals surface area contributed by atoms with E-state index in [1.54, 1.807) is 24.3 Å². The molecule has 45 heavy (non-hydrogen) atoms. The number of hydrogen-bond acceptors (Lipinski definition) is 7. The van der Waals surface area contributed by atoms with E-state index in [-0.39, 0.29) is 40.7 Å². The van der Waals surface area contributed by atoms with E-state index in [2.05, 4.69) is 14.9 Å². The van der Waals surface area contributed by atoms with Crippen LogP contribution in [0.4, 0.5) is 4.79 Å². The first kappa shape index (κ1) is 32.5. The SMILES string of the molecule is CN(C(=O)NC1CCCC1)C1CCN(C[C@@H]2CCCN2C(=O)CN2CCC[C@H](NS(=O)(=O)c3cc4cc(Cl)ccc4s3)C2=O)C1. The summed E-state index contributed by atoms with van der Waals surface area (Å²) in [5.41, 5.74) is 0. The largest absolute Gasteiger partial charge is 0.337 e. The summed E-state index contributed by atoms with van der Waals surface area (Å²) in [6.07, 6.45) is 8.19. The normalized spacial score (nSPS) is 25.0. The Hall–Kier alpha value is -2.45. The highest BCUT2D eigenvalue weighted by molar-refractivity contribution is 7.91. The molecule has 4 fully saturated rings. The molecule has 4 heterocycles. The summed E-state index contributed by atoms with van der Waals surface area (Å²) in [4.78, 5) is 47.3. The molecule has 11 nitrogen and oxygen atoms in total. The summed E-state index contributed by atoms with van der Waals surface area (Å²) in [5, 5.41) is 4.44. The minimum atomic E-state index is -3.93. The molecule has 0 radical (unpaired) electrons. The number of thiophene rings is 1. The molecular weight excluding hydrogens is 636 g/mol. The molecule has 14 heteroatoms. The Morgan fingerprint density at radius 1 is 1.02 bits per heavy atom. The fourth-order valence-corrected chi connectivity index (χ4v) is 10.1. The first-order valence-corrected chi connectivity index (χ1v) is 18.8. The third kappa shape index (κ3) is 7.43. The molecule has 4 amide bonds. The number of rotatable bonds is 9. The van der Waals surface area contributed by atoms with Gasteiger partial charge >= 0.3 is 6.03 Å². The van der Waals surface area contributed by atoms with Crippen LogP contribution in [0.25, 0.3) is 10.1 Å². The Kier molecular flexibility index (Phi) is 9.91. The summed E-state index contributed by atoms with van der Waals surface area (Å²) in [6, 6.07) is 6.38. The lowest BCUT2D eigenvalue weighted by atomic mass is 10.1. The van der Waals surface area contributed by atoms with Crippen LogP contribution >= 0.6 is 22.9 Å². The van der Waals surface area contributed by atoms with E-state index < -0.39 is 16.1 Å². The van der Waals surface area contributed by atoms with Crippen LogP contribution in [0.5, 0.6) is 0 Å². The number of amides is 4. The Balaban J connectivity index is 1.01. The molecule has 2 aromatic rings. The number of nitrogens with zero attached hydrogens (tertiary/aromatic N) is 4. The van der Waals surface area contributed by atoms with Gasteiger partial charge in [-0.2, -0.15) is 4.72 Å². The molecule has 0 bridgehead atoms. The number of piperidine rings is 1. The van der Waals surface area contributed by atoms with Crippen molar-refractivity contribution in [2.24, 2.45) is 0 Å². The summed E-state index contributed by atoms with van der Waals surface area (Å²) < 4.78 is 30.0. The van der Waals surface area contributed by atoms with Gasteiger partial charge in [0.05, 0.1) is 6.54 Å². The van der Waals surface area contributed by atoms with Gasteiger partial charge in [0.1, 0.15) is 10.3 Å². The van der Waals surface area contributed by atoms with Crippen molar-refractivity contribution in [3.8, 4) is 0 Å². The number of carbonyl (C=O) groups excluding carboxylic acids is 3. The molecule has 3 atom stereocenters. The third-order valence-electron chi connectivity index (χ3n) is 9.84. The van der Waals surface area contributed by atoms with Crippen LogP contribution < -0.4 is 10.0 Å². The molecule has 1 saturated carbocycles. The number of nitrogens with one attached hydrogen (secondary N) is 2. The average Bonchev–Trinajstić information content (AvgIpc) is 3.82. The predicted octanol–water partition coefficient (Wildman–Crippen LogP) is 3.47. The molecule has 3 saturated heterocycles. The lowest BCUT2D eigenvalue weighted by Crippen LogP contribution is -2.55. The zero-order valence-corrected chi connectivity index (χ0v) is 28.1. The van der Waals surface area contributed by atoms with Gasteiger partial charge in [0.25, 0.3) is 10.0 Å². The monoisotopic (exact) mass is 678 g/mol. The number of likely N-dealkylation sites (N-methyl/N-ethyl adjacent to an activating group) is 1.